The van der Waals surface area contributed by atoms with Gasteiger partial charge in [-0.05, 0) is 19.9 Å². The molecule has 0 aliphatic carbocycles. The van der Waals surface area contributed by atoms with E-state index < -0.39 is 0 Å². The predicted molar refractivity (Wildman–Crippen MR) is 60.2 cm³/mol. The summed E-state index contributed by atoms with van der Waals surface area (Å²) in [6, 6.07) is 0.494. The predicted octanol–water partition coefficient (Wildman–Crippen LogP) is 1.46. The molecule has 0 radical (unpaired) electrons. The Balaban J connectivity index is 3.31. The van der Waals surface area contributed by atoms with Crippen LogP contribution >= 0.6 is 0 Å². The average molecular weight is 198 g/mol. The van der Waals surface area contributed by atoms with Crippen molar-refractivity contribution in [1.82, 2.24) is 10.6 Å². The Morgan fingerprint density at radius 3 is 2.57 bits per heavy atom. The summed E-state index contributed by atoms with van der Waals surface area (Å²) < 4.78 is 0. The highest BCUT2D eigenvalue weighted by molar-refractivity contribution is 5.76. The largest absolute Gasteiger partial charge is 0.352 e. The molecule has 0 heterocycles. The molecule has 0 aromatic heterocycles. The van der Waals surface area contributed by atoms with Gasteiger partial charge >= 0.3 is 0 Å². The zero-order chi connectivity index (χ0) is 11.0. The average Bonchev–Trinajstić information content (AvgIpc) is 2.08. The molecular formula is C11H22N2O. The first kappa shape index (κ1) is 13.2. The maximum Gasteiger partial charge on any atom is 0.220 e. The summed E-state index contributed by atoms with van der Waals surface area (Å²) in [5.74, 6) is 0.110. The van der Waals surface area contributed by atoms with Crippen LogP contribution in [-0.4, -0.2) is 25.0 Å². The van der Waals surface area contributed by atoms with E-state index in [2.05, 4.69) is 31.1 Å². The van der Waals surface area contributed by atoms with E-state index >= 15 is 0 Å². The summed E-state index contributed by atoms with van der Waals surface area (Å²) in [4.78, 5) is 11.2. The van der Waals surface area contributed by atoms with Gasteiger partial charge in [0.2, 0.25) is 5.91 Å². The second-order valence-corrected chi connectivity index (χ2v) is 3.95. The molecule has 0 aromatic rings. The Kier molecular flexibility index (Phi) is 7.11. The first-order valence-electron chi connectivity index (χ1n) is 5.17. The van der Waals surface area contributed by atoms with Crippen LogP contribution in [0.3, 0.4) is 0 Å². The lowest BCUT2D eigenvalue weighted by atomic mass is 10.2. The number of carbonyl (C=O) groups excluding carboxylic acids is 1. The van der Waals surface area contributed by atoms with Gasteiger partial charge in [-0.25, -0.2) is 0 Å². The van der Waals surface area contributed by atoms with E-state index in [0.717, 1.165) is 18.5 Å². The van der Waals surface area contributed by atoms with Gasteiger partial charge in [0.1, 0.15) is 0 Å². The van der Waals surface area contributed by atoms with Crippen LogP contribution < -0.4 is 10.6 Å². The van der Waals surface area contributed by atoms with Crippen molar-refractivity contribution in [1.29, 1.82) is 0 Å². The van der Waals surface area contributed by atoms with Gasteiger partial charge in [0, 0.05) is 19.0 Å². The fourth-order valence-electron chi connectivity index (χ4n) is 0.978. The zero-order valence-electron chi connectivity index (χ0n) is 9.52. The molecular weight excluding hydrogens is 176 g/mol. The fourth-order valence-corrected chi connectivity index (χ4v) is 0.978. The molecule has 0 rings (SSSR count). The fraction of sp³-hybridized carbons (Fsp3) is 0.727. The van der Waals surface area contributed by atoms with Crippen molar-refractivity contribution in [2.24, 2.45) is 0 Å². The summed E-state index contributed by atoms with van der Waals surface area (Å²) in [6.07, 6.45) is 1.48. The number of rotatable bonds is 7. The number of hydrogen-bond donors (Lipinski definition) is 2. The highest BCUT2D eigenvalue weighted by atomic mass is 16.1. The number of amides is 1. The lowest BCUT2D eigenvalue weighted by Crippen LogP contribution is -2.27. The zero-order valence-corrected chi connectivity index (χ0v) is 9.52. The van der Waals surface area contributed by atoms with Crippen LogP contribution in [0.4, 0.5) is 0 Å². The maximum atomic E-state index is 11.2. The van der Waals surface area contributed by atoms with Crippen LogP contribution in [-0.2, 0) is 4.79 Å². The van der Waals surface area contributed by atoms with Gasteiger partial charge < -0.3 is 10.6 Å². The summed E-state index contributed by atoms with van der Waals surface area (Å²) in [5.41, 5.74) is 0.985. The van der Waals surface area contributed by atoms with Gasteiger partial charge in [0.15, 0.2) is 0 Å². The van der Waals surface area contributed by atoms with Gasteiger partial charge in [0.05, 0.1) is 0 Å². The van der Waals surface area contributed by atoms with E-state index in [1.54, 1.807) is 0 Å². The Bertz CT molecular complexity index is 188. The number of hydrogen-bond acceptors (Lipinski definition) is 2. The smallest absolute Gasteiger partial charge is 0.220 e. The van der Waals surface area contributed by atoms with Gasteiger partial charge in [-0.2, -0.15) is 0 Å². The Labute approximate surface area is 87.0 Å². The molecule has 14 heavy (non-hydrogen) atoms. The van der Waals surface area contributed by atoms with Crippen molar-refractivity contribution in [2.45, 2.75) is 39.7 Å². The van der Waals surface area contributed by atoms with Gasteiger partial charge in [-0.15, -0.1) is 0 Å². The van der Waals surface area contributed by atoms with E-state index in [9.17, 15) is 4.79 Å². The standard InChI is InChI=1S/C11H22N2O/c1-9(2)8-13-11(14)6-5-7-12-10(3)4/h10,12H,1,5-8H2,2-4H3,(H,13,14). The minimum absolute atomic E-state index is 0.110. The quantitative estimate of drug-likeness (QED) is 0.480. The topological polar surface area (TPSA) is 41.1 Å². The van der Waals surface area contributed by atoms with Crippen LogP contribution in [0.2, 0.25) is 0 Å². The summed E-state index contributed by atoms with van der Waals surface area (Å²) in [5, 5.41) is 6.07. The molecule has 0 atom stereocenters. The summed E-state index contributed by atoms with van der Waals surface area (Å²) in [6.45, 7) is 11.3. The molecule has 0 saturated carbocycles. The second-order valence-electron chi connectivity index (χ2n) is 3.95. The molecule has 0 fully saturated rings. The van der Waals surface area contributed by atoms with Crippen LogP contribution in [0.5, 0.6) is 0 Å². The van der Waals surface area contributed by atoms with Gasteiger partial charge in [-0.1, -0.05) is 26.0 Å². The normalized spacial score (nSPS) is 10.3. The van der Waals surface area contributed by atoms with E-state index in [1.807, 2.05) is 6.92 Å². The molecule has 1 amide bonds. The molecule has 0 unspecified atom stereocenters. The van der Waals surface area contributed by atoms with Crippen LogP contribution in [0.25, 0.3) is 0 Å². The highest BCUT2D eigenvalue weighted by Gasteiger charge is 2.00. The third-order valence-electron chi connectivity index (χ3n) is 1.72. The molecule has 0 aliphatic rings. The Morgan fingerprint density at radius 1 is 1.43 bits per heavy atom. The minimum Gasteiger partial charge on any atom is -0.352 e. The van der Waals surface area contributed by atoms with Crippen molar-refractivity contribution in [3.05, 3.63) is 12.2 Å². The van der Waals surface area contributed by atoms with Crippen molar-refractivity contribution in [2.75, 3.05) is 13.1 Å². The van der Waals surface area contributed by atoms with Crippen LogP contribution in [0.15, 0.2) is 12.2 Å². The first-order chi connectivity index (χ1) is 6.52. The van der Waals surface area contributed by atoms with Crippen molar-refractivity contribution < 1.29 is 4.79 Å². The lowest BCUT2D eigenvalue weighted by Gasteiger charge is -2.07. The van der Waals surface area contributed by atoms with Crippen LogP contribution in [0.1, 0.15) is 33.6 Å². The van der Waals surface area contributed by atoms with Crippen molar-refractivity contribution >= 4 is 5.91 Å². The second kappa shape index (κ2) is 7.56. The number of carbonyl (C=O) groups is 1. The van der Waals surface area contributed by atoms with E-state index in [1.165, 1.54) is 0 Å². The Morgan fingerprint density at radius 2 is 2.07 bits per heavy atom. The molecule has 0 aliphatic heterocycles. The van der Waals surface area contributed by atoms with E-state index in [4.69, 9.17) is 0 Å². The van der Waals surface area contributed by atoms with E-state index in [0.29, 0.717) is 19.0 Å². The molecule has 82 valence electrons. The molecule has 3 heteroatoms. The lowest BCUT2D eigenvalue weighted by molar-refractivity contribution is -0.121. The highest BCUT2D eigenvalue weighted by Crippen LogP contribution is 1.90. The summed E-state index contributed by atoms with van der Waals surface area (Å²) in [7, 11) is 0. The number of nitrogens with one attached hydrogen (secondary N) is 2. The minimum atomic E-state index is 0.110. The molecule has 0 bridgehead atoms. The molecule has 2 N–H and O–H groups in total. The van der Waals surface area contributed by atoms with Gasteiger partial charge in [-0.3, -0.25) is 4.79 Å². The molecule has 0 saturated heterocycles. The van der Waals surface area contributed by atoms with Gasteiger partial charge in [0.25, 0.3) is 0 Å². The molecule has 0 aromatic carbocycles. The monoisotopic (exact) mass is 198 g/mol. The first-order valence-corrected chi connectivity index (χ1v) is 5.17. The third-order valence-corrected chi connectivity index (χ3v) is 1.72. The van der Waals surface area contributed by atoms with E-state index in [-0.39, 0.29) is 5.91 Å². The maximum absolute atomic E-state index is 11.2. The van der Waals surface area contributed by atoms with Crippen molar-refractivity contribution in [3.63, 3.8) is 0 Å². The van der Waals surface area contributed by atoms with Crippen LogP contribution in [0, 0.1) is 0 Å². The Hall–Kier alpha value is -0.830. The SMILES string of the molecule is C=C(C)CNC(=O)CCCNC(C)C. The molecule has 3 nitrogen and oxygen atoms in total. The molecule has 0 spiro atoms. The third kappa shape index (κ3) is 9.26. The van der Waals surface area contributed by atoms with Crippen molar-refractivity contribution in [3.8, 4) is 0 Å². The summed E-state index contributed by atoms with van der Waals surface area (Å²) >= 11 is 0.